The fourth-order valence-electron chi connectivity index (χ4n) is 2.60. The maximum atomic E-state index is 13.1. The van der Waals surface area contributed by atoms with Gasteiger partial charge < -0.3 is 4.90 Å². The Morgan fingerprint density at radius 2 is 1.42 bits per heavy atom. The number of nitrogens with zero attached hydrogens (tertiary/aromatic N) is 1. The van der Waals surface area contributed by atoms with Gasteiger partial charge in [-0.25, -0.2) is 0 Å². The lowest BCUT2D eigenvalue weighted by atomic mass is 10.1. The molecule has 0 heterocycles. The highest BCUT2D eigenvalue weighted by Crippen LogP contribution is 2.24. The minimum absolute atomic E-state index is 0.0675. The predicted molar refractivity (Wildman–Crippen MR) is 97.8 cm³/mol. The summed E-state index contributed by atoms with van der Waals surface area (Å²) >= 11 is 0. The number of amides is 1. The van der Waals surface area contributed by atoms with Gasteiger partial charge in [-0.3, -0.25) is 4.79 Å². The number of carbonyl (C=O) groups is 1. The molecule has 1 amide bonds. The van der Waals surface area contributed by atoms with Crippen LogP contribution in [0.1, 0.15) is 21.5 Å². The van der Waals surface area contributed by atoms with E-state index in [0.717, 1.165) is 11.3 Å². The number of para-hydroxylation sites is 1. The molecule has 2 nitrogen and oxygen atoms in total. The molecule has 0 aliphatic carbocycles. The van der Waals surface area contributed by atoms with Crippen LogP contribution in [0.2, 0.25) is 0 Å². The molecule has 0 saturated carbocycles. The highest BCUT2D eigenvalue weighted by molar-refractivity contribution is 6.06. The molecule has 2 heteroatoms. The maximum Gasteiger partial charge on any atom is 0.258 e. The Labute approximate surface area is 142 Å². The van der Waals surface area contributed by atoms with Gasteiger partial charge in [0.1, 0.15) is 0 Å². The number of terminal acetylenes is 1. The fraction of sp³-hybridized carbons (Fsp3) is 0.0455. The largest absolute Gasteiger partial charge is 0.303 e. The Hall–Kier alpha value is -3.31. The van der Waals surface area contributed by atoms with Gasteiger partial charge in [-0.15, -0.1) is 6.42 Å². The van der Waals surface area contributed by atoms with Gasteiger partial charge in [0.15, 0.2) is 0 Å². The molecular weight excluding hydrogens is 294 g/mol. The smallest absolute Gasteiger partial charge is 0.258 e. The van der Waals surface area contributed by atoms with Gasteiger partial charge in [0.05, 0.1) is 12.2 Å². The summed E-state index contributed by atoms with van der Waals surface area (Å²) in [5.74, 6) is 2.61. The van der Waals surface area contributed by atoms with Gasteiger partial charge >= 0.3 is 0 Å². The zero-order chi connectivity index (χ0) is 16.8. The Kier molecular flexibility index (Phi) is 4.74. The summed E-state index contributed by atoms with van der Waals surface area (Å²) < 4.78 is 0. The van der Waals surface area contributed by atoms with Crippen molar-refractivity contribution in [3.05, 3.63) is 102 Å². The van der Waals surface area contributed by atoms with Crippen LogP contribution in [0.25, 0.3) is 0 Å². The molecule has 0 unspecified atom stereocenters. The van der Waals surface area contributed by atoms with E-state index in [1.54, 1.807) is 4.90 Å². The van der Waals surface area contributed by atoms with E-state index in [1.807, 2.05) is 84.9 Å². The van der Waals surface area contributed by atoms with Gasteiger partial charge in [0.2, 0.25) is 0 Å². The molecule has 0 spiro atoms. The summed E-state index contributed by atoms with van der Waals surface area (Å²) in [4.78, 5) is 14.8. The van der Waals surface area contributed by atoms with Crippen LogP contribution in [0.15, 0.2) is 84.9 Å². The van der Waals surface area contributed by atoms with Crippen LogP contribution < -0.4 is 4.90 Å². The Bertz CT molecular complexity index is 863. The van der Waals surface area contributed by atoms with E-state index in [9.17, 15) is 4.79 Å². The zero-order valence-electron chi connectivity index (χ0n) is 13.2. The fourth-order valence-corrected chi connectivity index (χ4v) is 2.60. The minimum Gasteiger partial charge on any atom is -0.303 e. The SMILES string of the molecule is C#Cc1ccccc1N(Cc1ccccc1)C(=O)c1ccccc1. The molecule has 0 saturated heterocycles. The number of anilines is 1. The molecule has 3 rings (SSSR count). The molecule has 3 aromatic carbocycles. The topological polar surface area (TPSA) is 20.3 Å². The lowest BCUT2D eigenvalue weighted by molar-refractivity contribution is 0.0985. The molecule has 116 valence electrons. The molecule has 24 heavy (non-hydrogen) atoms. The first kappa shape index (κ1) is 15.6. The zero-order valence-corrected chi connectivity index (χ0v) is 13.2. The number of carbonyl (C=O) groups excluding carboxylic acids is 1. The Balaban J connectivity index is 2.04. The van der Waals surface area contributed by atoms with Crippen LogP contribution in [-0.2, 0) is 6.54 Å². The lowest BCUT2D eigenvalue weighted by Crippen LogP contribution is -2.31. The molecule has 3 aromatic rings. The van der Waals surface area contributed by atoms with Crippen molar-refractivity contribution in [3.63, 3.8) is 0 Å². The van der Waals surface area contributed by atoms with E-state index in [1.165, 1.54) is 0 Å². The quantitative estimate of drug-likeness (QED) is 0.649. The van der Waals surface area contributed by atoms with E-state index in [-0.39, 0.29) is 5.91 Å². The van der Waals surface area contributed by atoms with Gasteiger partial charge in [-0.1, -0.05) is 66.6 Å². The van der Waals surface area contributed by atoms with Gasteiger partial charge in [0.25, 0.3) is 5.91 Å². The Morgan fingerprint density at radius 3 is 2.08 bits per heavy atom. The van der Waals surface area contributed by atoms with Crippen molar-refractivity contribution in [2.45, 2.75) is 6.54 Å². The maximum absolute atomic E-state index is 13.1. The standard InChI is InChI=1S/C22H17NO/c1-2-19-13-9-10-16-21(19)23(17-18-11-5-3-6-12-18)22(24)20-14-7-4-8-15-20/h1,3-16H,17H2. The third-order valence-corrected chi connectivity index (χ3v) is 3.80. The van der Waals surface area contributed by atoms with Crippen LogP contribution in [-0.4, -0.2) is 5.91 Å². The second-order valence-corrected chi connectivity index (χ2v) is 5.40. The average molecular weight is 311 g/mol. The van der Waals surface area contributed by atoms with Gasteiger partial charge in [0, 0.05) is 11.1 Å². The number of hydrogen-bond donors (Lipinski definition) is 0. The molecule has 0 atom stereocenters. The van der Waals surface area contributed by atoms with Gasteiger partial charge in [-0.2, -0.15) is 0 Å². The number of rotatable bonds is 4. The molecule has 0 aliphatic heterocycles. The number of hydrogen-bond acceptors (Lipinski definition) is 1. The second-order valence-electron chi connectivity index (χ2n) is 5.40. The van der Waals surface area contributed by atoms with E-state index >= 15 is 0 Å². The van der Waals surface area contributed by atoms with Crippen LogP contribution in [0.5, 0.6) is 0 Å². The van der Waals surface area contributed by atoms with Crippen LogP contribution in [0, 0.1) is 12.3 Å². The molecule has 0 bridgehead atoms. The molecule has 0 aliphatic rings. The van der Waals surface area contributed by atoms with Crippen molar-refractivity contribution in [2.24, 2.45) is 0 Å². The van der Waals surface area contributed by atoms with Gasteiger partial charge in [-0.05, 0) is 29.8 Å². The molecule has 0 N–H and O–H groups in total. The van der Waals surface area contributed by atoms with E-state index in [4.69, 9.17) is 6.42 Å². The first-order valence-electron chi connectivity index (χ1n) is 7.76. The van der Waals surface area contributed by atoms with Crippen molar-refractivity contribution >= 4 is 11.6 Å². The summed E-state index contributed by atoms with van der Waals surface area (Å²) in [5.41, 5.74) is 3.14. The first-order chi connectivity index (χ1) is 11.8. The van der Waals surface area contributed by atoms with Crippen molar-refractivity contribution in [1.29, 1.82) is 0 Å². The van der Waals surface area contributed by atoms with E-state index in [2.05, 4.69) is 5.92 Å². The third kappa shape index (κ3) is 3.37. The predicted octanol–water partition coefficient (Wildman–Crippen LogP) is 4.51. The molecule has 0 radical (unpaired) electrons. The van der Waals surface area contributed by atoms with E-state index < -0.39 is 0 Å². The van der Waals surface area contributed by atoms with Crippen LogP contribution in [0.4, 0.5) is 5.69 Å². The highest BCUT2D eigenvalue weighted by Gasteiger charge is 2.20. The van der Waals surface area contributed by atoms with Crippen LogP contribution in [0.3, 0.4) is 0 Å². The number of benzene rings is 3. The van der Waals surface area contributed by atoms with Crippen molar-refractivity contribution in [2.75, 3.05) is 4.90 Å². The highest BCUT2D eigenvalue weighted by atomic mass is 16.2. The monoisotopic (exact) mass is 311 g/mol. The summed E-state index contributed by atoms with van der Waals surface area (Å²) in [6.07, 6.45) is 5.63. The third-order valence-electron chi connectivity index (χ3n) is 3.80. The van der Waals surface area contributed by atoms with Crippen LogP contribution >= 0.6 is 0 Å². The first-order valence-corrected chi connectivity index (χ1v) is 7.76. The second kappa shape index (κ2) is 7.30. The Morgan fingerprint density at radius 1 is 0.833 bits per heavy atom. The minimum atomic E-state index is -0.0675. The van der Waals surface area contributed by atoms with E-state index in [0.29, 0.717) is 17.7 Å². The van der Waals surface area contributed by atoms with Crippen molar-refractivity contribution < 1.29 is 4.79 Å². The van der Waals surface area contributed by atoms with Crippen molar-refractivity contribution in [1.82, 2.24) is 0 Å². The summed E-state index contributed by atoms with van der Waals surface area (Å²) in [7, 11) is 0. The normalized spacial score (nSPS) is 9.96. The molecule has 0 aromatic heterocycles. The van der Waals surface area contributed by atoms with Crippen molar-refractivity contribution in [3.8, 4) is 12.3 Å². The summed E-state index contributed by atoms with van der Waals surface area (Å²) in [5, 5.41) is 0. The molecular formula is C22H17NO. The molecule has 0 fully saturated rings. The summed E-state index contributed by atoms with van der Waals surface area (Å²) in [6, 6.07) is 26.7. The average Bonchev–Trinajstić information content (AvgIpc) is 2.67. The lowest BCUT2D eigenvalue weighted by Gasteiger charge is -2.24. The summed E-state index contributed by atoms with van der Waals surface area (Å²) in [6.45, 7) is 0.466.